The first-order valence-corrected chi connectivity index (χ1v) is 10.8. The van der Waals surface area contributed by atoms with E-state index in [0.29, 0.717) is 12.6 Å². The molecule has 0 radical (unpaired) electrons. The highest BCUT2D eigenvalue weighted by Crippen LogP contribution is 2.19. The molecule has 1 aromatic carbocycles. The Labute approximate surface area is 176 Å². The van der Waals surface area contributed by atoms with Crippen molar-refractivity contribution in [2.45, 2.75) is 39.8 Å². The predicted octanol–water partition coefficient (Wildman–Crippen LogP) is 2.04. The van der Waals surface area contributed by atoms with Crippen molar-refractivity contribution >= 4 is 5.96 Å². The van der Waals surface area contributed by atoms with Crippen molar-refractivity contribution in [2.75, 3.05) is 59.5 Å². The summed E-state index contributed by atoms with van der Waals surface area (Å²) < 4.78 is 11.2. The molecule has 1 aliphatic rings. The van der Waals surface area contributed by atoms with Gasteiger partial charge in [0.15, 0.2) is 5.96 Å². The maximum Gasteiger partial charge on any atom is 0.191 e. The minimum atomic E-state index is 0.00510. The lowest BCUT2D eigenvalue weighted by Gasteiger charge is -2.37. The van der Waals surface area contributed by atoms with E-state index in [-0.39, 0.29) is 6.10 Å². The monoisotopic (exact) mass is 405 g/mol. The highest BCUT2D eigenvalue weighted by molar-refractivity contribution is 5.79. The second-order valence-electron chi connectivity index (χ2n) is 7.53. The first-order chi connectivity index (χ1) is 14.0. The smallest absolute Gasteiger partial charge is 0.191 e. The summed E-state index contributed by atoms with van der Waals surface area (Å²) in [5.41, 5.74) is 0. The van der Waals surface area contributed by atoms with Crippen molar-refractivity contribution in [3.05, 3.63) is 24.3 Å². The first kappa shape index (κ1) is 23.3. The predicted molar refractivity (Wildman–Crippen MR) is 120 cm³/mol. The largest absolute Gasteiger partial charge is 0.497 e. The number of methoxy groups -OCH3 is 1. The lowest BCUT2D eigenvalue weighted by molar-refractivity contribution is 0.109. The molecule has 29 heavy (non-hydrogen) atoms. The molecule has 0 spiro atoms. The number of benzene rings is 1. The van der Waals surface area contributed by atoms with Gasteiger partial charge in [0.25, 0.3) is 0 Å². The van der Waals surface area contributed by atoms with Crippen LogP contribution < -0.4 is 20.1 Å². The molecular weight excluding hydrogens is 366 g/mol. The minimum Gasteiger partial charge on any atom is -0.497 e. The Morgan fingerprint density at radius 3 is 2.48 bits per heavy atom. The van der Waals surface area contributed by atoms with E-state index in [9.17, 15) is 0 Å². The van der Waals surface area contributed by atoms with Crippen LogP contribution in [-0.4, -0.2) is 87.4 Å². The number of hydrogen-bond donors (Lipinski definition) is 2. The second kappa shape index (κ2) is 12.5. The van der Waals surface area contributed by atoms with Crippen LogP contribution in [0.25, 0.3) is 0 Å². The summed E-state index contributed by atoms with van der Waals surface area (Å²) in [7, 11) is 1.66. The lowest BCUT2D eigenvalue weighted by Crippen LogP contribution is -2.50. The van der Waals surface area contributed by atoms with Crippen LogP contribution in [0.3, 0.4) is 0 Å². The molecule has 2 N–H and O–H groups in total. The average molecular weight is 406 g/mol. The van der Waals surface area contributed by atoms with Gasteiger partial charge in [0.1, 0.15) is 17.6 Å². The maximum absolute atomic E-state index is 5.99. The molecule has 7 heteroatoms. The number of hydrogen-bond acceptors (Lipinski definition) is 5. The van der Waals surface area contributed by atoms with Gasteiger partial charge < -0.3 is 25.0 Å². The fraction of sp³-hybridized carbons (Fsp3) is 0.682. The molecule has 2 rings (SSSR count). The van der Waals surface area contributed by atoms with Gasteiger partial charge in [0.05, 0.1) is 20.2 Å². The zero-order valence-electron chi connectivity index (χ0n) is 18.8. The first-order valence-electron chi connectivity index (χ1n) is 10.8. The molecule has 2 unspecified atom stereocenters. The second-order valence-corrected chi connectivity index (χ2v) is 7.53. The Hall–Kier alpha value is -1.99. The van der Waals surface area contributed by atoms with E-state index >= 15 is 0 Å². The topological polar surface area (TPSA) is 61.4 Å². The van der Waals surface area contributed by atoms with Crippen molar-refractivity contribution in [3.63, 3.8) is 0 Å². The summed E-state index contributed by atoms with van der Waals surface area (Å²) in [5.74, 6) is 2.44. The van der Waals surface area contributed by atoms with Crippen molar-refractivity contribution in [1.29, 1.82) is 0 Å². The third-order valence-corrected chi connectivity index (χ3v) is 5.27. The molecule has 7 nitrogen and oxygen atoms in total. The summed E-state index contributed by atoms with van der Waals surface area (Å²) in [6.45, 7) is 16.6. The van der Waals surface area contributed by atoms with Gasteiger partial charge in [-0.2, -0.15) is 0 Å². The minimum absolute atomic E-state index is 0.00510. The summed E-state index contributed by atoms with van der Waals surface area (Å²) >= 11 is 0. The van der Waals surface area contributed by atoms with E-state index in [1.165, 1.54) is 0 Å². The fourth-order valence-corrected chi connectivity index (χ4v) is 3.39. The molecule has 164 valence electrons. The number of nitrogens with zero attached hydrogens (tertiary/aromatic N) is 3. The highest BCUT2D eigenvalue weighted by atomic mass is 16.5. The number of nitrogens with one attached hydrogen (secondary N) is 2. The Kier molecular flexibility index (Phi) is 10.1. The molecule has 0 saturated carbocycles. The Morgan fingerprint density at radius 2 is 1.83 bits per heavy atom. The molecule has 0 aliphatic carbocycles. The van der Waals surface area contributed by atoms with Crippen LogP contribution in [0, 0.1) is 0 Å². The van der Waals surface area contributed by atoms with E-state index < -0.39 is 0 Å². The molecule has 2 atom stereocenters. The van der Waals surface area contributed by atoms with Crippen LogP contribution in [0.2, 0.25) is 0 Å². The van der Waals surface area contributed by atoms with Crippen LogP contribution in [0.1, 0.15) is 27.7 Å². The highest BCUT2D eigenvalue weighted by Gasteiger charge is 2.20. The summed E-state index contributed by atoms with van der Waals surface area (Å²) in [5, 5.41) is 6.73. The zero-order valence-corrected chi connectivity index (χ0v) is 18.8. The molecule has 1 heterocycles. The number of aliphatic imine (C=N–C) groups is 1. The van der Waals surface area contributed by atoms with Gasteiger partial charge in [-0.05, 0) is 39.4 Å². The Morgan fingerprint density at radius 1 is 1.10 bits per heavy atom. The number of rotatable bonds is 10. The molecule has 0 amide bonds. The Balaban J connectivity index is 1.80. The van der Waals surface area contributed by atoms with Crippen molar-refractivity contribution in [2.24, 2.45) is 4.99 Å². The molecule has 0 aromatic heterocycles. The van der Waals surface area contributed by atoms with E-state index in [2.05, 4.69) is 41.2 Å². The van der Waals surface area contributed by atoms with Gasteiger partial charge in [0, 0.05) is 44.8 Å². The normalized spacial score (nSPS) is 18.2. The maximum atomic E-state index is 5.99. The van der Waals surface area contributed by atoms with E-state index in [1.54, 1.807) is 7.11 Å². The van der Waals surface area contributed by atoms with E-state index in [4.69, 9.17) is 14.5 Å². The third kappa shape index (κ3) is 8.11. The van der Waals surface area contributed by atoms with Crippen LogP contribution in [0.5, 0.6) is 11.5 Å². The van der Waals surface area contributed by atoms with Gasteiger partial charge in [0.2, 0.25) is 0 Å². The van der Waals surface area contributed by atoms with Gasteiger partial charge >= 0.3 is 0 Å². The average Bonchev–Trinajstić information content (AvgIpc) is 2.75. The lowest BCUT2D eigenvalue weighted by atomic mass is 10.2. The summed E-state index contributed by atoms with van der Waals surface area (Å²) in [4.78, 5) is 9.84. The van der Waals surface area contributed by atoms with Crippen LogP contribution in [0.4, 0.5) is 0 Å². The standard InChI is InChI=1S/C22H39N5O2/c1-6-23-22(24-16-18(3)27-13-11-26(7-2)12-14-27)25-17-19(4)29-21-10-8-9-20(15-21)28-5/h8-10,15,18-19H,6-7,11-14,16-17H2,1-5H3,(H2,23,24,25). The van der Waals surface area contributed by atoms with Crippen molar-refractivity contribution in [1.82, 2.24) is 20.4 Å². The molecule has 1 saturated heterocycles. The van der Waals surface area contributed by atoms with Gasteiger partial charge in [-0.25, -0.2) is 0 Å². The van der Waals surface area contributed by atoms with E-state index in [0.717, 1.165) is 63.3 Å². The SMILES string of the molecule is CCNC(=NCC(C)N1CCN(CC)CC1)NCC(C)Oc1cccc(OC)c1. The number of likely N-dealkylation sites (N-methyl/N-ethyl adjacent to an activating group) is 1. The van der Waals surface area contributed by atoms with Gasteiger partial charge in [-0.3, -0.25) is 9.89 Å². The van der Waals surface area contributed by atoms with Crippen LogP contribution in [0.15, 0.2) is 29.3 Å². The zero-order chi connectivity index (χ0) is 21.1. The number of piperazine rings is 1. The summed E-state index contributed by atoms with van der Waals surface area (Å²) in [6.07, 6.45) is 0.00510. The van der Waals surface area contributed by atoms with Crippen molar-refractivity contribution in [3.8, 4) is 11.5 Å². The quantitative estimate of drug-likeness (QED) is 0.459. The fourth-order valence-electron chi connectivity index (χ4n) is 3.39. The molecule has 0 bridgehead atoms. The Bertz CT molecular complexity index is 617. The number of guanidine groups is 1. The van der Waals surface area contributed by atoms with Gasteiger partial charge in [-0.1, -0.05) is 13.0 Å². The number of ether oxygens (including phenoxy) is 2. The van der Waals surface area contributed by atoms with Crippen molar-refractivity contribution < 1.29 is 9.47 Å². The molecule has 1 aliphatic heterocycles. The van der Waals surface area contributed by atoms with Crippen LogP contribution >= 0.6 is 0 Å². The van der Waals surface area contributed by atoms with Gasteiger partial charge in [-0.15, -0.1) is 0 Å². The third-order valence-electron chi connectivity index (χ3n) is 5.27. The molecular formula is C22H39N5O2. The van der Waals surface area contributed by atoms with E-state index in [1.807, 2.05) is 31.2 Å². The molecule has 1 fully saturated rings. The summed E-state index contributed by atoms with van der Waals surface area (Å²) in [6, 6.07) is 8.12. The molecule has 1 aromatic rings. The van der Waals surface area contributed by atoms with Crippen LogP contribution in [-0.2, 0) is 0 Å².